The van der Waals surface area contributed by atoms with Gasteiger partial charge >= 0.3 is 0 Å². The van der Waals surface area contributed by atoms with E-state index < -0.39 is 5.82 Å². The van der Waals surface area contributed by atoms with E-state index in [2.05, 4.69) is 25.9 Å². The lowest BCUT2D eigenvalue weighted by Crippen LogP contribution is -1.93. The SMILES string of the molecule is Fc1cc(Br)ccc1Oc1nc(Cl)nc2sccc12. The Morgan fingerprint density at radius 1 is 1.26 bits per heavy atom. The van der Waals surface area contributed by atoms with Crippen LogP contribution in [0, 0.1) is 5.82 Å². The molecule has 19 heavy (non-hydrogen) atoms. The van der Waals surface area contributed by atoms with Crippen LogP contribution in [0.5, 0.6) is 11.6 Å². The van der Waals surface area contributed by atoms with E-state index in [9.17, 15) is 4.39 Å². The molecule has 0 aliphatic rings. The van der Waals surface area contributed by atoms with E-state index in [1.165, 1.54) is 23.5 Å². The maximum atomic E-state index is 13.7. The lowest BCUT2D eigenvalue weighted by molar-refractivity contribution is 0.431. The van der Waals surface area contributed by atoms with E-state index >= 15 is 0 Å². The van der Waals surface area contributed by atoms with Gasteiger partial charge in [-0.1, -0.05) is 15.9 Å². The third-order valence-corrected chi connectivity index (χ3v) is 3.83. The first-order chi connectivity index (χ1) is 9.13. The summed E-state index contributed by atoms with van der Waals surface area (Å²) in [5, 5.41) is 2.62. The standard InChI is InChI=1S/C12H5BrClFN2OS/c13-6-1-2-9(8(15)5-6)18-10-7-3-4-19-11(7)17-12(14)16-10/h1-5H. The van der Waals surface area contributed by atoms with Crippen LogP contribution in [0.15, 0.2) is 34.1 Å². The fourth-order valence-electron chi connectivity index (χ4n) is 1.54. The summed E-state index contributed by atoms with van der Waals surface area (Å²) < 4.78 is 19.9. The second-order valence-electron chi connectivity index (χ2n) is 3.61. The summed E-state index contributed by atoms with van der Waals surface area (Å²) in [5.74, 6) is -0.143. The number of fused-ring (bicyclic) bond motifs is 1. The number of hydrogen-bond acceptors (Lipinski definition) is 4. The molecule has 2 heterocycles. The lowest BCUT2D eigenvalue weighted by atomic mass is 10.3. The highest BCUT2D eigenvalue weighted by Crippen LogP contribution is 2.33. The summed E-state index contributed by atoms with van der Waals surface area (Å²) in [6, 6.07) is 6.34. The number of ether oxygens (including phenoxy) is 1. The molecule has 0 bridgehead atoms. The Bertz CT molecular complexity index is 765. The quantitative estimate of drug-likeness (QED) is 0.601. The first kappa shape index (κ1) is 12.8. The van der Waals surface area contributed by atoms with Crippen molar-refractivity contribution in [3.8, 4) is 11.6 Å². The molecule has 0 radical (unpaired) electrons. The summed E-state index contributed by atoms with van der Waals surface area (Å²) in [5.41, 5.74) is 0. The predicted octanol–water partition coefficient (Wildman–Crippen LogP) is 5.04. The molecule has 96 valence electrons. The van der Waals surface area contributed by atoms with Gasteiger partial charge in [0.05, 0.1) is 5.39 Å². The van der Waals surface area contributed by atoms with Crippen LogP contribution in [-0.2, 0) is 0 Å². The van der Waals surface area contributed by atoms with Gasteiger partial charge in [-0.15, -0.1) is 11.3 Å². The van der Waals surface area contributed by atoms with Gasteiger partial charge < -0.3 is 4.74 Å². The van der Waals surface area contributed by atoms with Crippen molar-refractivity contribution >= 4 is 49.1 Å². The minimum absolute atomic E-state index is 0.0717. The molecule has 0 saturated heterocycles. The molecule has 3 aromatic rings. The average molecular weight is 360 g/mol. The van der Waals surface area contributed by atoms with E-state index in [1.807, 2.05) is 11.4 Å². The van der Waals surface area contributed by atoms with Gasteiger partial charge in [-0.3, -0.25) is 0 Å². The van der Waals surface area contributed by atoms with Gasteiger partial charge in [-0.05, 0) is 41.2 Å². The van der Waals surface area contributed by atoms with Gasteiger partial charge in [0, 0.05) is 4.47 Å². The Labute approximate surface area is 125 Å². The summed E-state index contributed by atoms with van der Waals surface area (Å²) in [7, 11) is 0. The molecular weight excluding hydrogens is 355 g/mol. The van der Waals surface area contributed by atoms with E-state index in [1.54, 1.807) is 6.07 Å². The monoisotopic (exact) mass is 358 g/mol. The van der Waals surface area contributed by atoms with Crippen LogP contribution < -0.4 is 4.74 Å². The lowest BCUT2D eigenvalue weighted by Gasteiger charge is -2.07. The van der Waals surface area contributed by atoms with Crippen LogP contribution >= 0.6 is 38.9 Å². The highest BCUT2D eigenvalue weighted by atomic mass is 79.9. The van der Waals surface area contributed by atoms with Crippen molar-refractivity contribution in [1.29, 1.82) is 0 Å². The molecule has 0 atom stereocenters. The van der Waals surface area contributed by atoms with Crippen molar-refractivity contribution in [1.82, 2.24) is 9.97 Å². The molecule has 0 amide bonds. The van der Waals surface area contributed by atoms with Crippen LogP contribution in [-0.4, -0.2) is 9.97 Å². The van der Waals surface area contributed by atoms with Gasteiger partial charge in [0.1, 0.15) is 4.83 Å². The molecular formula is C12H5BrClFN2OS. The maximum absolute atomic E-state index is 13.7. The minimum atomic E-state index is -0.479. The van der Waals surface area contributed by atoms with Crippen LogP contribution in [0.2, 0.25) is 5.28 Å². The van der Waals surface area contributed by atoms with Crippen molar-refractivity contribution in [3.63, 3.8) is 0 Å². The zero-order chi connectivity index (χ0) is 13.4. The minimum Gasteiger partial charge on any atom is -0.435 e. The van der Waals surface area contributed by atoms with Gasteiger partial charge in [0.15, 0.2) is 11.6 Å². The number of hydrogen-bond donors (Lipinski definition) is 0. The smallest absolute Gasteiger partial charge is 0.232 e. The fourth-order valence-corrected chi connectivity index (χ4v) is 2.84. The van der Waals surface area contributed by atoms with Crippen LogP contribution in [0.25, 0.3) is 10.2 Å². The molecule has 1 aromatic carbocycles. The zero-order valence-electron chi connectivity index (χ0n) is 9.23. The van der Waals surface area contributed by atoms with E-state index in [-0.39, 0.29) is 16.9 Å². The summed E-state index contributed by atoms with van der Waals surface area (Å²) >= 11 is 10.4. The third-order valence-electron chi connectivity index (χ3n) is 2.36. The Kier molecular flexibility index (Phi) is 3.38. The molecule has 2 aromatic heterocycles. The van der Waals surface area contributed by atoms with Crippen molar-refractivity contribution in [2.75, 3.05) is 0 Å². The van der Waals surface area contributed by atoms with Gasteiger partial charge in [-0.25, -0.2) is 9.37 Å². The van der Waals surface area contributed by atoms with E-state index in [0.29, 0.717) is 14.7 Å². The second kappa shape index (κ2) is 5.03. The van der Waals surface area contributed by atoms with Gasteiger partial charge in [0.2, 0.25) is 11.2 Å². The highest BCUT2D eigenvalue weighted by molar-refractivity contribution is 9.10. The molecule has 0 fully saturated rings. The molecule has 0 aliphatic carbocycles. The molecule has 0 saturated carbocycles. The number of rotatable bonds is 2. The largest absolute Gasteiger partial charge is 0.435 e. The molecule has 3 rings (SSSR count). The fraction of sp³-hybridized carbons (Fsp3) is 0. The number of nitrogens with zero attached hydrogens (tertiary/aromatic N) is 2. The molecule has 0 spiro atoms. The normalized spacial score (nSPS) is 10.9. The highest BCUT2D eigenvalue weighted by Gasteiger charge is 2.12. The molecule has 3 nitrogen and oxygen atoms in total. The van der Waals surface area contributed by atoms with Crippen LogP contribution in [0.4, 0.5) is 4.39 Å². The molecule has 7 heteroatoms. The maximum Gasteiger partial charge on any atom is 0.232 e. The van der Waals surface area contributed by atoms with Crippen molar-refractivity contribution in [3.05, 3.63) is 45.2 Å². The number of benzene rings is 1. The van der Waals surface area contributed by atoms with E-state index in [4.69, 9.17) is 16.3 Å². The van der Waals surface area contributed by atoms with Gasteiger partial charge in [-0.2, -0.15) is 4.98 Å². The number of halogens is 3. The Morgan fingerprint density at radius 3 is 2.89 bits per heavy atom. The first-order valence-electron chi connectivity index (χ1n) is 5.17. The summed E-state index contributed by atoms with van der Waals surface area (Å²) in [6.45, 7) is 0. The van der Waals surface area contributed by atoms with Crippen molar-refractivity contribution in [2.24, 2.45) is 0 Å². The number of thiophene rings is 1. The average Bonchev–Trinajstić information content (AvgIpc) is 2.80. The second-order valence-corrected chi connectivity index (χ2v) is 5.76. The van der Waals surface area contributed by atoms with Crippen molar-refractivity contribution < 1.29 is 9.13 Å². The third kappa shape index (κ3) is 2.56. The molecule has 0 N–H and O–H groups in total. The first-order valence-corrected chi connectivity index (χ1v) is 7.22. The molecule has 0 aliphatic heterocycles. The summed E-state index contributed by atoms with van der Waals surface area (Å²) in [4.78, 5) is 8.76. The predicted molar refractivity (Wildman–Crippen MR) is 76.6 cm³/mol. The van der Waals surface area contributed by atoms with Gasteiger partial charge in [0.25, 0.3) is 0 Å². The Hall–Kier alpha value is -1.24. The van der Waals surface area contributed by atoms with Crippen LogP contribution in [0.1, 0.15) is 0 Å². The van der Waals surface area contributed by atoms with Crippen LogP contribution in [0.3, 0.4) is 0 Å². The van der Waals surface area contributed by atoms with E-state index in [0.717, 1.165) is 0 Å². The Balaban J connectivity index is 2.07. The summed E-state index contributed by atoms with van der Waals surface area (Å²) in [6.07, 6.45) is 0. The Morgan fingerprint density at radius 2 is 2.11 bits per heavy atom. The molecule has 0 unspecified atom stereocenters. The van der Waals surface area contributed by atoms with Crippen molar-refractivity contribution in [2.45, 2.75) is 0 Å². The number of aromatic nitrogens is 2. The zero-order valence-corrected chi connectivity index (χ0v) is 12.4. The topological polar surface area (TPSA) is 35.0 Å².